The zero-order chi connectivity index (χ0) is 17.3. The normalized spacial score (nSPS) is 20.7. The van der Waals surface area contributed by atoms with Crippen LogP contribution in [0.2, 0.25) is 0 Å². The van der Waals surface area contributed by atoms with Crippen LogP contribution in [-0.2, 0) is 20.7 Å². The second-order valence-corrected chi connectivity index (χ2v) is 7.83. The van der Waals surface area contributed by atoms with Crippen LogP contribution in [0.4, 0.5) is 0 Å². The Balaban J connectivity index is 2.02. The molecule has 126 valence electrons. The molecule has 3 rings (SSSR count). The third-order valence-electron chi connectivity index (χ3n) is 4.06. The average Bonchev–Trinajstić information content (AvgIpc) is 3.29. The Bertz CT molecular complexity index is 736. The Hall–Kier alpha value is -1.83. The van der Waals surface area contributed by atoms with E-state index in [0.717, 1.165) is 0 Å². The molecule has 0 aliphatic carbocycles. The van der Waals surface area contributed by atoms with Crippen molar-refractivity contribution in [3.63, 3.8) is 0 Å². The van der Waals surface area contributed by atoms with E-state index in [4.69, 9.17) is 4.74 Å². The van der Waals surface area contributed by atoms with Gasteiger partial charge >= 0.3 is 5.97 Å². The van der Waals surface area contributed by atoms with E-state index in [0.29, 0.717) is 34.0 Å². The first-order chi connectivity index (χ1) is 11.6. The van der Waals surface area contributed by atoms with Crippen molar-refractivity contribution < 1.29 is 18.9 Å². The summed E-state index contributed by atoms with van der Waals surface area (Å²) in [5, 5.41) is 1.84. The number of carbonyl (C=O) groups is 2. The maximum absolute atomic E-state index is 12.9. The van der Waals surface area contributed by atoms with Gasteiger partial charge in [-0.2, -0.15) is 0 Å². The van der Waals surface area contributed by atoms with Crippen molar-refractivity contribution in [1.29, 1.82) is 0 Å². The van der Waals surface area contributed by atoms with Crippen molar-refractivity contribution in [2.45, 2.75) is 12.5 Å². The summed E-state index contributed by atoms with van der Waals surface area (Å²) in [6.45, 7) is 4.15. The van der Waals surface area contributed by atoms with Crippen LogP contribution in [0.5, 0.6) is 0 Å². The van der Waals surface area contributed by atoms with Gasteiger partial charge < -0.3 is 14.2 Å². The van der Waals surface area contributed by atoms with E-state index in [1.54, 1.807) is 18.2 Å². The van der Waals surface area contributed by atoms with Crippen LogP contribution in [0, 0.1) is 0 Å². The number of thiophene rings is 1. The number of Topliss-reactive ketones (excluding diaryl/α,β-unsaturated/α-hetero) is 1. The third kappa shape index (κ3) is 2.83. The number of rotatable bonds is 6. The van der Waals surface area contributed by atoms with Gasteiger partial charge in [-0.1, -0.05) is 12.6 Å². The van der Waals surface area contributed by atoms with Gasteiger partial charge in [0, 0.05) is 12.6 Å². The molecule has 1 aromatic heterocycles. The number of nitrogens with zero attached hydrogens (tertiary/aromatic N) is 1. The highest BCUT2D eigenvalue weighted by Crippen LogP contribution is 2.39. The molecular weight excluding hydrogens is 346 g/mol. The van der Waals surface area contributed by atoms with Gasteiger partial charge in [0.1, 0.15) is 5.75 Å². The van der Waals surface area contributed by atoms with Crippen molar-refractivity contribution in [3.8, 4) is 0 Å². The van der Waals surface area contributed by atoms with Crippen LogP contribution < -0.4 is 0 Å². The molecule has 0 fully saturated rings. The first-order valence-corrected chi connectivity index (χ1v) is 9.65. The molecule has 0 amide bonds. The van der Waals surface area contributed by atoms with E-state index < -0.39 is 23.2 Å². The number of hydrogen-bond acceptors (Lipinski definition) is 6. The minimum absolute atomic E-state index is 0.0882. The predicted molar refractivity (Wildman–Crippen MR) is 94.1 cm³/mol. The number of allylic oxidation sites excluding steroid dienone is 1. The molecule has 24 heavy (non-hydrogen) atoms. The van der Waals surface area contributed by atoms with Gasteiger partial charge in [0.2, 0.25) is 5.78 Å². The first-order valence-electron chi connectivity index (χ1n) is 7.45. The zero-order valence-electron chi connectivity index (χ0n) is 13.2. The molecule has 0 spiro atoms. The molecule has 0 saturated carbocycles. The van der Waals surface area contributed by atoms with E-state index in [1.165, 1.54) is 18.4 Å². The van der Waals surface area contributed by atoms with Gasteiger partial charge in [-0.05, 0) is 35.1 Å². The highest BCUT2D eigenvalue weighted by atomic mass is 32.2. The van der Waals surface area contributed by atoms with Crippen molar-refractivity contribution >= 4 is 34.3 Å². The fraction of sp³-hybridized carbons (Fsp3) is 0.294. The monoisotopic (exact) mass is 363 g/mol. The molecule has 0 saturated heterocycles. The highest BCUT2D eigenvalue weighted by Gasteiger charge is 2.46. The number of hydrogen-bond donors (Lipinski definition) is 0. The summed E-state index contributed by atoms with van der Waals surface area (Å²) in [5.74, 6) is -0.217. The SMILES string of the molecule is C=CC[S+]([O-])C1=CC2=C(C(=O)OC)CCN2C1C(=O)c1cccs1. The second-order valence-electron chi connectivity index (χ2n) is 5.39. The quantitative estimate of drug-likeness (QED) is 0.336. The molecule has 2 atom stereocenters. The van der Waals surface area contributed by atoms with Crippen LogP contribution in [0.1, 0.15) is 16.1 Å². The number of ketones is 1. The van der Waals surface area contributed by atoms with Crippen LogP contribution in [-0.4, -0.2) is 46.7 Å². The molecule has 0 N–H and O–H groups in total. The molecular formula is C17H17NO4S2. The summed E-state index contributed by atoms with van der Waals surface area (Å²) in [6, 6.07) is 2.96. The molecule has 1 aromatic rings. The number of carbonyl (C=O) groups excluding carboxylic acids is 2. The topological polar surface area (TPSA) is 69.7 Å². The molecule has 2 aliphatic heterocycles. The van der Waals surface area contributed by atoms with Crippen molar-refractivity contribution in [1.82, 2.24) is 4.90 Å². The smallest absolute Gasteiger partial charge is 0.335 e. The van der Waals surface area contributed by atoms with E-state index in [1.807, 2.05) is 16.3 Å². The van der Waals surface area contributed by atoms with Crippen LogP contribution in [0.3, 0.4) is 0 Å². The standard InChI is InChI=1S/C17H17NO4S2/c1-3-9-24(21)14-10-12-11(17(20)22-2)6-7-18(12)15(14)16(19)13-5-4-8-23-13/h3-5,8,10,15H,1,6-7,9H2,2H3. The summed E-state index contributed by atoms with van der Waals surface area (Å²) in [5.41, 5.74) is 1.19. The van der Waals surface area contributed by atoms with Gasteiger partial charge in [-0.15, -0.1) is 11.3 Å². The largest absolute Gasteiger partial charge is 0.611 e. The lowest BCUT2D eigenvalue weighted by Crippen LogP contribution is -2.38. The minimum atomic E-state index is -1.35. The molecule has 5 nitrogen and oxygen atoms in total. The van der Waals surface area contributed by atoms with Crippen LogP contribution in [0.25, 0.3) is 0 Å². The maximum Gasteiger partial charge on any atom is 0.335 e. The van der Waals surface area contributed by atoms with E-state index in [2.05, 4.69) is 6.58 Å². The van der Waals surface area contributed by atoms with Crippen LogP contribution >= 0.6 is 11.3 Å². The summed E-state index contributed by atoms with van der Waals surface area (Å²) >= 11 is 0.0126. The molecule has 0 radical (unpaired) electrons. The minimum Gasteiger partial charge on any atom is -0.611 e. The Kier molecular flexibility index (Phi) is 4.93. The predicted octanol–water partition coefficient (Wildman–Crippen LogP) is 2.26. The zero-order valence-corrected chi connectivity index (χ0v) is 14.8. The first kappa shape index (κ1) is 17.0. The van der Waals surface area contributed by atoms with Gasteiger partial charge in [-0.3, -0.25) is 4.79 Å². The maximum atomic E-state index is 12.9. The van der Waals surface area contributed by atoms with Gasteiger partial charge in [-0.25, -0.2) is 4.79 Å². The summed E-state index contributed by atoms with van der Waals surface area (Å²) in [6.07, 6.45) is 3.81. The van der Waals surface area contributed by atoms with E-state index in [-0.39, 0.29) is 11.5 Å². The molecule has 2 unspecified atom stereocenters. The molecule has 0 aromatic carbocycles. The number of methoxy groups -OCH3 is 1. The Labute approximate surface area is 147 Å². The second kappa shape index (κ2) is 6.96. The molecule has 7 heteroatoms. The molecule has 0 bridgehead atoms. The Morgan fingerprint density at radius 3 is 3.00 bits per heavy atom. The molecule has 3 heterocycles. The fourth-order valence-corrected chi connectivity index (χ4v) is 4.83. The van der Waals surface area contributed by atoms with Crippen LogP contribution in [0.15, 0.2) is 52.4 Å². The van der Waals surface area contributed by atoms with Gasteiger partial charge in [0.05, 0.1) is 23.3 Å². The number of ether oxygens (including phenoxy) is 1. The number of fused-ring (bicyclic) bond motifs is 1. The van der Waals surface area contributed by atoms with Crippen molar-refractivity contribution in [2.75, 3.05) is 19.4 Å². The van der Waals surface area contributed by atoms with E-state index >= 15 is 0 Å². The summed E-state index contributed by atoms with van der Waals surface area (Å²) in [4.78, 5) is 27.9. The Morgan fingerprint density at radius 1 is 1.58 bits per heavy atom. The Morgan fingerprint density at radius 2 is 2.38 bits per heavy atom. The lowest BCUT2D eigenvalue weighted by atomic mass is 10.1. The van der Waals surface area contributed by atoms with Gasteiger partial charge in [0.25, 0.3) is 0 Å². The molecule has 2 aliphatic rings. The third-order valence-corrected chi connectivity index (χ3v) is 6.35. The van der Waals surface area contributed by atoms with Crippen molar-refractivity contribution in [3.05, 3.63) is 57.3 Å². The summed E-state index contributed by atoms with van der Waals surface area (Å²) in [7, 11) is 1.34. The van der Waals surface area contributed by atoms with E-state index in [9.17, 15) is 14.1 Å². The average molecular weight is 363 g/mol. The highest BCUT2D eigenvalue weighted by molar-refractivity contribution is 7.95. The van der Waals surface area contributed by atoms with Gasteiger partial charge in [0.15, 0.2) is 10.9 Å². The lowest BCUT2D eigenvalue weighted by Gasteiger charge is -2.24. The summed E-state index contributed by atoms with van der Waals surface area (Å²) < 4.78 is 17.4. The number of esters is 1. The lowest BCUT2D eigenvalue weighted by molar-refractivity contribution is -0.136. The fourth-order valence-electron chi connectivity index (χ4n) is 3.01. The van der Waals surface area contributed by atoms with Crippen molar-refractivity contribution in [2.24, 2.45) is 0 Å².